The van der Waals surface area contributed by atoms with Crippen LogP contribution in [0, 0.1) is 0 Å². The van der Waals surface area contributed by atoms with Crippen molar-refractivity contribution in [3.8, 4) is 11.1 Å². The molecule has 3 nitrogen and oxygen atoms in total. The van der Waals surface area contributed by atoms with Crippen molar-refractivity contribution in [3.63, 3.8) is 0 Å². The molecular weight excluding hydrogens is 762 g/mol. The summed E-state index contributed by atoms with van der Waals surface area (Å²) < 4.78 is 0. The summed E-state index contributed by atoms with van der Waals surface area (Å²) in [7, 11) is 0. The van der Waals surface area contributed by atoms with Crippen molar-refractivity contribution in [2.24, 2.45) is 0 Å². The number of hydrogen-bond acceptors (Lipinski definition) is 4. The predicted molar refractivity (Wildman–Crippen MR) is 239 cm³/mol. The van der Waals surface area contributed by atoms with Gasteiger partial charge in [0.25, 0.3) is 0 Å². The van der Waals surface area contributed by atoms with Gasteiger partial charge in [-0.2, -0.15) is 0 Å². The van der Waals surface area contributed by atoms with E-state index in [-0.39, 0.29) is 54.6 Å². The Labute approximate surface area is 350 Å². The van der Waals surface area contributed by atoms with Crippen molar-refractivity contribution in [3.05, 3.63) is 174 Å². The molecule has 1 aromatic heterocycles. The van der Waals surface area contributed by atoms with Gasteiger partial charge >= 0.3 is 0 Å². The van der Waals surface area contributed by atoms with Gasteiger partial charge in [0, 0.05) is 21.6 Å². The number of rotatable bonds is 2. The third kappa shape index (κ3) is 5.51. The summed E-state index contributed by atoms with van der Waals surface area (Å²) in [6.45, 7) is 20.7. The van der Waals surface area contributed by atoms with Crippen LogP contribution in [0.5, 0.6) is 0 Å². The normalized spacial score (nSPS) is 15.4. The fourth-order valence-corrected chi connectivity index (χ4v) is 10.7. The molecule has 0 saturated carbocycles. The lowest BCUT2D eigenvalue weighted by Gasteiger charge is -2.46. The molecule has 0 amide bonds. The second-order valence-corrected chi connectivity index (χ2v) is 20.6. The molecule has 1 spiro atoms. The number of anilines is 3. The summed E-state index contributed by atoms with van der Waals surface area (Å²) in [5.74, 6) is -0.677. The molecule has 9 rings (SSSR count). The zero-order chi connectivity index (χ0) is 40.6. The van der Waals surface area contributed by atoms with Gasteiger partial charge in [0.1, 0.15) is 5.00 Å². The van der Waals surface area contributed by atoms with E-state index in [0.717, 1.165) is 21.1 Å². The molecule has 3 aliphatic rings. The quantitative estimate of drug-likeness (QED) is 0.129. The van der Waals surface area contributed by atoms with Crippen LogP contribution >= 0.6 is 34.5 Å². The van der Waals surface area contributed by atoms with E-state index in [0.29, 0.717) is 0 Å². The zero-order valence-corrected chi connectivity index (χ0v) is 36.1. The molecule has 5 aromatic carbocycles. The molecule has 286 valence electrons. The van der Waals surface area contributed by atoms with Gasteiger partial charge in [0.2, 0.25) is 0 Å². The van der Waals surface area contributed by atoms with Gasteiger partial charge in [0.05, 0.1) is 32.4 Å². The lowest BCUT2D eigenvalue weighted by molar-refractivity contribution is 0.0990. The van der Waals surface area contributed by atoms with E-state index in [9.17, 15) is 9.59 Å². The highest BCUT2D eigenvalue weighted by atomic mass is 35.5. The molecule has 0 saturated heterocycles. The average molecular weight is 807 g/mol. The number of carbonyl (C=O) groups excluding carboxylic acids is 2. The van der Waals surface area contributed by atoms with Crippen molar-refractivity contribution in [2.75, 3.05) is 4.90 Å². The van der Waals surface area contributed by atoms with Crippen LogP contribution in [-0.4, -0.2) is 11.6 Å². The molecule has 6 aromatic rings. The minimum Gasteiger partial charge on any atom is -0.301 e. The standard InChI is InChI=1S/C51H45Cl2NO2S/c1-48(2,3)28-22-38(49(4,5)6)44(39(23-28)50(7,8)9)54-43-21-15-14-20-37(43)51(35-18-12-10-16-30(35)31-17-11-13-19-36(31)51)40-25-29(57-47(40)54)24-34-45(55)32-26-41(52)42(53)27-33(32)46(34)56/h10-27H,1-9H3. The molecule has 0 fully saturated rings. The van der Waals surface area contributed by atoms with Crippen LogP contribution in [0.15, 0.2) is 109 Å². The van der Waals surface area contributed by atoms with Gasteiger partial charge in [-0.1, -0.05) is 164 Å². The van der Waals surface area contributed by atoms with Gasteiger partial charge < -0.3 is 4.90 Å². The van der Waals surface area contributed by atoms with Crippen LogP contribution in [0.1, 0.15) is 127 Å². The van der Waals surface area contributed by atoms with E-state index < -0.39 is 5.41 Å². The van der Waals surface area contributed by atoms with Crippen LogP contribution in [0.2, 0.25) is 10.0 Å². The molecule has 2 heterocycles. The number of Topliss-reactive ketones (excluding diaryl/α,β-unsaturated/α-hetero) is 2. The van der Waals surface area contributed by atoms with Gasteiger partial charge in [-0.3, -0.25) is 9.59 Å². The maximum absolute atomic E-state index is 14.0. The van der Waals surface area contributed by atoms with E-state index in [1.807, 2.05) is 0 Å². The first-order valence-corrected chi connectivity index (χ1v) is 21.1. The summed E-state index contributed by atoms with van der Waals surface area (Å²) in [5, 5.41) is 1.56. The molecule has 0 atom stereocenters. The summed E-state index contributed by atoms with van der Waals surface area (Å²) in [6.07, 6.45) is 1.79. The van der Waals surface area contributed by atoms with Crippen molar-refractivity contribution in [2.45, 2.75) is 84.0 Å². The van der Waals surface area contributed by atoms with Crippen molar-refractivity contribution >= 4 is 68.6 Å². The van der Waals surface area contributed by atoms with E-state index in [2.05, 4.69) is 158 Å². The third-order valence-corrected chi connectivity index (χ3v) is 13.8. The Bertz CT molecular complexity index is 2640. The molecule has 6 heteroatoms. The summed E-state index contributed by atoms with van der Waals surface area (Å²) in [4.78, 5) is 31.3. The van der Waals surface area contributed by atoms with Gasteiger partial charge in [-0.15, -0.1) is 11.3 Å². The van der Waals surface area contributed by atoms with Crippen molar-refractivity contribution < 1.29 is 9.59 Å². The number of allylic oxidation sites excluding steroid dienone is 1. The molecule has 1 aliphatic heterocycles. The number of para-hydroxylation sites is 1. The maximum atomic E-state index is 14.0. The fourth-order valence-electron chi connectivity index (χ4n) is 9.22. The van der Waals surface area contributed by atoms with E-state index in [1.165, 1.54) is 62.3 Å². The Morgan fingerprint density at radius 1 is 0.561 bits per heavy atom. The Morgan fingerprint density at radius 2 is 1.04 bits per heavy atom. The number of halogens is 2. The first kappa shape index (κ1) is 37.8. The second-order valence-electron chi connectivity index (χ2n) is 18.8. The monoisotopic (exact) mass is 805 g/mol. The van der Waals surface area contributed by atoms with Gasteiger partial charge in [0.15, 0.2) is 11.6 Å². The first-order chi connectivity index (χ1) is 26.8. The summed E-state index contributed by atoms with van der Waals surface area (Å²) in [6, 6.07) is 36.5. The van der Waals surface area contributed by atoms with Crippen molar-refractivity contribution in [1.29, 1.82) is 0 Å². The van der Waals surface area contributed by atoms with Gasteiger partial charge in [-0.25, -0.2) is 0 Å². The van der Waals surface area contributed by atoms with Crippen LogP contribution < -0.4 is 4.90 Å². The fraction of sp³-hybridized carbons (Fsp3) is 0.255. The lowest BCUT2D eigenvalue weighted by Crippen LogP contribution is -2.36. The van der Waals surface area contributed by atoms with Crippen LogP contribution in [0.4, 0.5) is 16.4 Å². The Hall–Kier alpha value is -4.74. The van der Waals surface area contributed by atoms with Crippen LogP contribution in [0.25, 0.3) is 17.2 Å². The zero-order valence-electron chi connectivity index (χ0n) is 33.8. The first-order valence-electron chi connectivity index (χ1n) is 19.6. The predicted octanol–water partition coefficient (Wildman–Crippen LogP) is 14.6. The summed E-state index contributed by atoms with van der Waals surface area (Å²) >= 11 is 14.3. The SMILES string of the molecule is CC(C)(C)c1cc(C(C)(C)C)c(N2c3ccccc3C3(c4ccccc4-c4ccccc43)c3cc(C=C4C(=O)c5cc(Cl)c(Cl)cc5C4=O)sc32)c(C(C)(C)C)c1. The van der Waals surface area contributed by atoms with E-state index >= 15 is 0 Å². The van der Waals surface area contributed by atoms with Crippen LogP contribution in [-0.2, 0) is 21.7 Å². The minimum absolute atomic E-state index is 0.0699. The smallest absolute Gasteiger partial charge is 0.197 e. The number of nitrogens with zero attached hydrogens (tertiary/aromatic N) is 1. The Kier molecular flexibility index (Phi) is 8.38. The number of ketones is 2. The van der Waals surface area contributed by atoms with E-state index in [4.69, 9.17) is 23.2 Å². The largest absolute Gasteiger partial charge is 0.301 e. The van der Waals surface area contributed by atoms with Crippen LogP contribution in [0.3, 0.4) is 0 Å². The Balaban J connectivity index is 1.41. The molecule has 0 radical (unpaired) electrons. The molecule has 0 bridgehead atoms. The minimum atomic E-state index is -0.661. The number of carbonyl (C=O) groups is 2. The highest BCUT2D eigenvalue weighted by Gasteiger charge is 2.53. The molecule has 2 aliphatic carbocycles. The molecule has 0 N–H and O–H groups in total. The summed E-state index contributed by atoms with van der Waals surface area (Å²) in [5.41, 5.74) is 12.8. The van der Waals surface area contributed by atoms with Gasteiger partial charge in [-0.05, 0) is 91.1 Å². The Morgan fingerprint density at radius 3 is 1.53 bits per heavy atom. The highest BCUT2D eigenvalue weighted by molar-refractivity contribution is 7.17. The topological polar surface area (TPSA) is 37.4 Å². The number of thiophene rings is 1. The molecule has 57 heavy (non-hydrogen) atoms. The second kappa shape index (κ2) is 12.6. The van der Waals surface area contributed by atoms with E-state index in [1.54, 1.807) is 17.4 Å². The van der Waals surface area contributed by atoms with Crippen molar-refractivity contribution in [1.82, 2.24) is 0 Å². The molecular formula is C51H45Cl2NO2S. The number of fused-ring (bicyclic) bond motifs is 10. The third-order valence-electron chi connectivity index (χ3n) is 12.0. The average Bonchev–Trinajstić information content (AvgIpc) is 3.77. The molecule has 0 unspecified atom stereocenters. The maximum Gasteiger partial charge on any atom is 0.197 e. The highest BCUT2D eigenvalue weighted by Crippen LogP contribution is 2.66. The lowest BCUT2D eigenvalue weighted by atomic mass is 9.65. The number of benzene rings is 5. The number of hydrogen-bond donors (Lipinski definition) is 0.